The maximum atomic E-state index is 13.0. The van der Waals surface area contributed by atoms with Crippen molar-refractivity contribution in [3.05, 3.63) is 48.5 Å². The predicted octanol–water partition coefficient (Wildman–Crippen LogP) is 3.42. The molecule has 3 aromatic heterocycles. The van der Waals surface area contributed by atoms with Crippen LogP contribution in [0.25, 0.3) is 16.7 Å². The number of anilines is 1. The minimum atomic E-state index is -4.29. The lowest BCUT2D eigenvalue weighted by atomic mass is 9.97. The standard InChI is InChI=1S/C19H18F3N5O/c20-19(21,22)14-2-1-4-26(11-14)18(28)13-6-12-3-5-27(17(12)25-8-13)16-7-15(23)9-24-10-16/h3,5-10,14H,1-2,4,11,23H2/t14-/m0/s1. The van der Waals surface area contributed by atoms with Crippen LogP contribution in [0.2, 0.25) is 0 Å². The van der Waals surface area contributed by atoms with E-state index in [9.17, 15) is 18.0 Å². The van der Waals surface area contributed by atoms with Gasteiger partial charge in [-0.1, -0.05) is 0 Å². The van der Waals surface area contributed by atoms with Crippen molar-refractivity contribution in [3.8, 4) is 5.69 Å². The molecule has 0 aromatic carbocycles. The summed E-state index contributed by atoms with van der Waals surface area (Å²) in [6, 6.07) is 5.19. The molecule has 1 saturated heterocycles. The zero-order chi connectivity index (χ0) is 19.9. The molecular weight excluding hydrogens is 371 g/mol. The Morgan fingerprint density at radius 2 is 2.04 bits per heavy atom. The van der Waals surface area contributed by atoms with E-state index in [4.69, 9.17) is 5.73 Å². The third-order valence-corrected chi connectivity index (χ3v) is 4.97. The third kappa shape index (κ3) is 3.39. The summed E-state index contributed by atoms with van der Waals surface area (Å²) >= 11 is 0. The van der Waals surface area contributed by atoms with Crippen molar-refractivity contribution in [2.75, 3.05) is 18.8 Å². The minimum Gasteiger partial charge on any atom is -0.397 e. The number of pyridine rings is 2. The molecule has 28 heavy (non-hydrogen) atoms. The van der Waals surface area contributed by atoms with Crippen LogP contribution >= 0.6 is 0 Å². The molecule has 3 aromatic rings. The second kappa shape index (κ2) is 6.81. The Kier molecular flexibility index (Phi) is 4.44. The van der Waals surface area contributed by atoms with Crippen LogP contribution in [0.4, 0.5) is 18.9 Å². The van der Waals surface area contributed by atoms with Crippen LogP contribution in [0.3, 0.4) is 0 Å². The van der Waals surface area contributed by atoms with Crippen LogP contribution in [-0.4, -0.2) is 44.6 Å². The van der Waals surface area contributed by atoms with Gasteiger partial charge in [0.05, 0.1) is 29.1 Å². The van der Waals surface area contributed by atoms with Crippen molar-refractivity contribution in [1.29, 1.82) is 0 Å². The Hall–Kier alpha value is -3.10. The summed E-state index contributed by atoms with van der Waals surface area (Å²) < 4.78 is 40.8. The number of nitrogens with two attached hydrogens (primary N) is 1. The molecule has 6 nitrogen and oxygen atoms in total. The summed E-state index contributed by atoms with van der Waals surface area (Å²) in [5.74, 6) is -1.90. The monoisotopic (exact) mass is 389 g/mol. The Morgan fingerprint density at radius 1 is 1.21 bits per heavy atom. The molecule has 1 aliphatic rings. The Morgan fingerprint density at radius 3 is 2.79 bits per heavy atom. The highest BCUT2D eigenvalue weighted by Gasteiger charge is 2.42. The molecule has 0 radical (unpaired) electrons. The van der Waals surface area contributed by atoms with Crippen molar-refractivity contribution in [2.45, 2.75) is 19.0 Å². The van der Waals surface area contributed by atoms with Crippen LogP contribution in [0, 0.1) is 5.92 Å². The first kappa shape index (κ1) is 18.3. The van der Waals surface area contributed by atoms with Gasteiger partial charge >= 0.3 is 6.18 Å². The van der Waals surface area contributed by atoms with E-state index < -0.39 is 18.0 Å². The number of alkyl halides is 3. The number of nitrogens with zero attached hydrogens (tertiary/aromatic N) is 4. The second-order valence-electron chi connectivity index (χ2n) is 6.93. The predicted molar refractivity (Wildman–Crippen MR) is 98.0 cm³/mol. The van der Waals surface area contributed by atoms with E-state index in [0.717, 1.165) is 5.69 Å². The number of rotatable bonds is 2. The number of nitrogen functional groups attached to an aromatic ring is 1. The number of likely N-dealkylation sites (tertiary alicyclic amines) is 1. The van der Waals surface area contributed by atoms with Crippen LogP contribution in [0.15, 0.2) is 43.0 Å². The summed E-state index contributed by atoms with van der Waals surface area (Å²) in [5.41, 5.74) is 7.89. The molecule has 1 amide bonds. The van der Waals surface area contributed by atoms with Crippen molar-refractivity contribution >= 4 is 22.6 Å². The Bertz CT molecular complexity index is 1030. The number of piperidine rings is 1. The average Bonchev–Trinajstić information content (AvgIpc) is 3.10. The molecule has 0 saturated carbocycles. The number of amides is 1. The van der Waals surface area contributed by atoms with E-state index in [2.05, 4.69) is 9.97 Å². The van der Waals surface area contributed by atoms with Crippen LogP contribution in [-0.2, 0) is 0 Å². The van der Waals surface area contributed by atoms with Gasteiger partial charge in [0.1, 0.15) is 5.65 Å². The van der Waals surface area contributed by atoms with Crippen molar-refractivity contribution in [1.82, 2.24) is 19.4 Å². The molecule has 146 valence electrons. The lowest BCUT2D eigenvalue weighted by Crippen LogP contribution is -2.44. The summed E-state index contributed by atoms with van der Waals surface area (Å²) in [6.45, 7) is 0.00969. The van der Waals surface area contributed by atoms with Crippen molar-refractivity contribution in [2.24, 2.45) is 5.92 Å². The molecule has 4 heterocycles. The lowest BCUT2D eigenvalue weighted by molar-refractivity contribution is -0.184. The van der Waals surface area contributed by atoms with Gasteiger partial charge in [0.15, 0.2) is 0 Å². The smallest absolute Gasteiger partial charge is 0.393 e. The Balaban J connectivity index is 1.61. The fourth-order valence-corrected chi connectivity index (χ4v) is 3.54. The zero-order valence-electron chi connectivity index (χ0n) is 14.9. The molecule has 0 bridgehead atoms. The van der Waals surface area contributed by atoms with E-state index in [0.29, 0.717) is 29.7 Å². The lowest BCUT2D eigenvalue weighted by Gasteiger charge is -2.33. The van der Waals surface area contributed by atoms with E-state index >= 15 is 0 Å². The highest BCUT2D eigenvalue weighted by atomic mass is 19.4. The van der Waals surface area contributed by atoms with Gasteiger partial charge in [0.25, 0.3) is 5.91 Å². The molecule has 1 aliphatic heterocycles. The van der Waals surface area contributed by atoms with E-state index in [1.807, 2.05) is 0 Å². The van der Waals surface area contributed by atoms with Gasteiger partial charge in [0.2, 0.25) is 0 Å². The number of hydrogen-bond donors (Lipinski definition) is 1. The zero-order valence-corrected chi connectivity index (χ0v) is 14.9. The maximum Gasteiger partial charge on any atom is 0.393 e. The first-order chi connectivity index (χ1) is 13.3. The van der Waals surface area contributed by atoms with E-state index in [1.54, 1.807) is 35.2 Å². The largest absolute Gasteiger partial charge is 0.397 e. The first-order valence-electron chi connectivity index (χ1n) is 8.87. The Labute approximate surface area is 158 Å². The second-order valence-corrected chi connectivity index (χ2v) is 6.93. The topological polar surface area (TPSA) is 77.0 Å². The molecule has 9 heteroatoms. The average molecular weight is 389 g/mol. The summed E-state index contributed by atoms with van der Waals surface area (Å²) in [5, 5.41) is 0.706. The van der Waals surface area contributed by atoms with Crippen LogP contribution in [0.5, 0.6) is 0 Å². The number of carbonyl (C=O) groups excluding carboxylic acids is 1. The van der Waals surface area contributed by atoms with Gasteiger partial charge in [-0.3, -0.25) is 14.3 Å². The molecule has 0 unspecified atom stereocenters. The molecular formula is C19H18F3N5O. The van der Waals surface area contributed by atoms with Crippen molar-refractivity contribution in [3.63, 3.8) is 0 Å². The molecule has 0 aliphatic carbocycles. The fourth-order valence-electron chi connectivity index (χ4n) is 3.54. The van der Waals surface area contributed by atoms with Crippen molar-refractivity contribution < 1.29 is 18.0 Å². The van der Waals surface area contributed by atoms with E-state index in [1.165, 1.54) is 17.3 Å². The summed E-state index contributed by atoms with van der Waals surface area (Å²) in [7, 11) is 0. The van der Waals surface area contributed by atoms with Gasteiger partial charge in [-0.2, -0.15) is 13.2 Å². The highest BCUT2D eigenvalue weighted by Crippen LogP contribution is 2.33. The van der Waals surface area contributed by atoms with Crippen LogP contribution < -0.4 is 5.73 Å². The van der Waals surface area contributed by atoms with Gasteiger partial charge in [-0.15, -0.1) is 0 Å². The molecule has 0 spiro atoms. The number of fused-ring (bicyclic) bond motifs is 1. The first-order valence-corrected chi connectivity index (χ1v) is 8.87. The molecule has 2 N–H and O–H groups in total. The van der Waals surface area contributed by atoms with Gasteiger partial charge in [-0.25, -0.2) is 4.98 Å². The van der Waals surface area contributed by atoms with Gasteiger partial charge in [-0.05, 0) is 31.0 Å². The van der Waals surface area contributed by atoms with Gasteiger partial charge < -0.3 is 10.6 Å². The molecule has 4 rings (SSSR count). The molecule has 1 fully saturated rings. The maximum absolute atomic E-state index is 13.0. The quantitative estimate of drug-likeness (QED) is 0.729. The highest BCUT2D eigenvalue weighted by molar-refractivity contribution is 5.97. The normalized spacial score (nSPS) is 17.8. The minimum absolute atomic E-state index is 0.0572. The molecule has 1 atom stereocenters. The number of carbonyl (C=O) groups is 1. The van der Waals surface area contributed by atoms with Crippen LogP contribution in [0.1, 0.15) is 23.2 Å². The number of halogens is 3. The fraction of sp³-hybridized carbons (Fsp3) is 0.316. The third-order valence-electron chi connectivity index (χ3n) is 4.97. The van der Waals surface area contributed by atoms with E-state index in [-0.39, 0.29) is 18.5 Å². The van der Waals surface area contributed by atoms with Gasteiger partial charge in [0, 0.05) is 37.1 Å². The number of aromatic nitrogens is 3. The summed E-state index contributed by atoms with van der Waals surface area (Å²) in [4.78, 5) is 22.4. The number of hydrogen-bond acceptors (Lipinski definition) is 4. The summed E-state index contributed by atoms with van der Waals surface area (Å²) in [6.07, 6.45) is 2.46. The SMILES string of the molecule is Nc1cncc(-n2ccc3cc(C(=O)N4CCC[C@H](C(F)(F)F)C4)cnc32)c1.